The fourth-order valence-corrected chi connectivity index (χ4v) is 2.61. The van der Waals surface area contributed by atoms with Crippen molar-refractivity contribution in [3.8, 4) is 6.07 Å². The molecule has 0 saturated carbocycles. The fourth-order valence-electron chi connectivity index (χ4n) is 2.61. The van der Waals surface area contributed by atoms with Gasteiger partial charge in [-0.05, 0) is 35.9 Å². The van der Waals surface area contributed by atoms with E-state index in [-0.39, 0.29) is 37.1 Å². The maximum absolute atomic E-state index is 12.2. The molecule has 0 bridgehead atoms. The van der Waals surface area contributed by atoms with Crippen molar-refractivity contribution in [1.82, 2.24) is 4.90 Å². The minimum absolute atomic E-state index is 0.153. The van der Waals surface area contributed by atoms with Crippen LogP contribution in [0.3, 0.4) is 0 Å². The lowest BCUT2D eigenvalue weighted by molar-refractivity contribution is -0.139. The van der Waals surface area contributed by atoms with Gasteiger partial charge in [-0.3, -0.25) is 19.3 Å². The maximum Gasteiger partial charge on any atom is 0.255 e. The molecule has 6 nitrogen and oxygen atoms in total. The first-order chi connectivity index (χ1) is 12.1. The number of carbonyl (C=O) groups excluding carboxylic acids is 3. The topological polar surface area (TPSA) is 90.3 Å². The van der Waals surface area contributed by atoms with Gasteiger partial charge >= 0.3 is 0 Å². The first-order valence-corrected chi connectivity index (χ1v) is 7.80. The van der Waals surface area contributed by atoms with Gasteiger partial charge in [0.15, 0.2) is 0 Å². The quantitative estimate of drug-likeness (QED) is 0.870. The summed E-state index contributed by atoms with van der Waals surface area (Å²) in [6, 6.07) is 15.4. The standard InChI is InChI=1S/C19H15N3O3/c20-11-14-2-1-3-15(10-14)19(25)21-16-6-4-13(5-7-16)12-22-17(23)8-9-18(22)24/h1-7,10H,8-9,12H2,(H,21,25). The molecule has 3 amide bonds. The monoisotopic (exact) mass is 333 g/mol. The number of imide groups is 1. The molecule has 6 heteroatoms. The number of anilines is 1. The smallest absolute Gasteiger partial charge is 0.255 e. The SMILES string of the molecule is N#Cc1cccc(C(=O)Nc2ccc(CN3C(=O)CCC3=O)cc2)c1. The number of likely N-dealkylation sites (tertiary alicyclic amines) is 1. The first kappa shape index (κ1) is 16.4. The lowest BCUT2D eigenvalue weighted by atomic mass is 10.1. The molecule has 1 fully saturated rings. The third kappa shape index (κ3) is 3.72. The van der Waals surface area contributed by atoms with Gasteiger partial charge < -0.3 is 5.32 Å². The van der Waals surface area contributed by atoms with Gasteiger partial charge in [-0.2, -0.15) is 5.26 Å². The van der Waals surface area contributed by atoms with E-state index in [1.54, 1.807) is 42.5 Å². The van der Waals surface area contributed by atoms with E-state index in [1.165, 1.54) is 11.0 Å². The van der Waals surface area contributed by atoms with Crippen molar-refractivity contribution in [3.05, 3.63) is 65.2 Å². The lowest BCUT2D eigenvalue weighted by Crippen LogP contribution is -2.28. The van der Waals surface area contributed by atoms with Crippen molar-refractivity contribution < 1.29 is 14.4 Å². The van der Waals surface area contributed by atoms with Crippen LogP contribution in [0.25, 0.3) is 0 Å². The lowest BCUT2D eigenvalue weighted by Gasteiger charge is -2.14. The Labute approximate surface area is 144 Å². The van der Waals surface area contributed by atoms with E-state index in [1.807, 2.05) is 6.07 Å². The van der Waals surface area contributed by atoms with Gasteiger partial charge in [0, 0.05) is 24.1 Å². The number of nitrogens with zero attached hydrogens (tertiary/aromatic N) is 2. The van der Waals surface area contributed by atoms with E-state index in [2.05, 4.69) is 5.32 Å². The predicted octanol–water partition coefficient (Wildman–Crippen LogP) is 2.46. The average Bonchev–Trinajstić information content (AvgIpc) is 2.95. The molecule has 1 aliphatic heterocycles. The summed E-state index contributed by atoms with van der Waals surface area (Å²) < 4.78 is 0. The minimum atomic E-state index is -0.310. The first-order valence-electron chi connectivity index (χ1n) is 7.80. The molecular formula is C19H15N3O3. The summed E-state index contributed by atoms with van der Waals surface area (Å²) >= 11 is 0. The Hall–Kier alpha value is -3.46. The van der Waals surface area contributed by atoms with Crippen LogP contribution in [-0.2, 0) is 16.1 Å². The summed E-state index contributed by atoms with van der Waals surface area (Å²) in [6.45, 7) is 0.246. The molecule has 0 aromatic heterocycles. The second-order valence-corrected chi connectivity index (χ2v) is 5.72. The minimum Gasteiger partial charge on any atom is -0.322 e. The summed E-state index contributed by atoms with van der Waals surface area (Å²) in [5, 5.41) is 11.6. The number of carbonyl (C=O) groups is 3. The zero-order valence-electron chi connectivity index (χ0n) is 13.4. The highest BCUT2D eigenvalue weighted by atomic mass is 16.2. The van der Waals surface area contributed by atoms with Crippen molar-refractivity contribution >= 4 is 23.4 Å². The Morgan fingerprint density at radius 1 is 1.08 bits per heavy atom. The zero-order valence-corrected chi connectivity index (χ0v) is 13.4. The Balaban J connectivity index is 1.66. The van der Waals surface area contributed by atoms with E-state index >= 15 is 0 Å². The van der Waals surface area contributed by atoms with Gasteiger partial charge in [-0.1, -0.05) is 18.2 Å². The number of hydrogen-bond donors (Lipinski definition) is 1. The molecule has 124 valence electrons. The van der Waals surface area contributed by atoms with E-state index in [4.69, 9.17) is 5.26 Å². The molecule has 0 unspecified atom stereocenters. The van der Waals surface area contributed by atoms with Gasteiger partial charge in [-0.15, -0.1) is 0 Å². The summed E-state index contributed by atoms with van der Waals surface area (Å²) in [7, 11) is 0. The molecule has 1 aliphatic rings. The molecule has 2 aromatic carbocycles. The Kier molecular flexibility index (Phi) is 4.57. The van der Waals surface area contributed by atoms with Crippen LogP contribution in [0.2, 0.25) is 0 Å². The van der Waals surface area contributed by atoms with Gasteiger partial charge in [-0.25, -0.2) is 0 Å². The van der Waals surface area contributed by atoms with Crippen LogP contribution in [0, 0.1) is 11.3 Å². The van der Waals surface area contributed by atoms with E-state index in [0.29, 0.717) is 16.8 Å². The Morgan fingerprint density at radius 3 is 2.40 bits per heavy atom. The maximum atomic E-state index is 12.2. The highest BCUT2D eigenvalue weighted by Gasteiger charge is 2.28. The molecule has 0 aliphatic carbocycles. The second kappa shape index (κ2) is 6.97. The van der Waals surface area contributed by atoms with Crippen molar-refractivity contribution in [3.63, 3.8) is 0 Å². The largest absolute Gasteiger partial charge is 0.322 e. The van der Waals surface area contributed by atoms with Crippen LogP contribution >= 0.6 is 0 Å². The molecule has 1 heterocycles. The van der Waals surface area contributed by atoms with Crippen molar-refractivity contribution in [2.45, 2.75) is 19.4 Å². The van der Waals surface area contributed by atoms with Crippen LogP contribution in [-0.4, -0.2) is 22.6 Å². The van der Waals surface area contributed by atoms with Crippen molar-refractivity contribution in [2.24, 2.45) is 0 Å². The van der Waals surface area contributed by atoms with E-state index in [0.717, 1.165) is 5.56 Å². The van der Waals surface area contributed by atoms with E-state index < -0.39 is 0 Å². The van der Waals surface area contributed by atoms with Crippen LogP contribution < -0.4 is 5.32 Å². The number of amides is 3. The molecule has 1 N–H and O–H groups in total. The molecule has 3 rings (SSSR count). The number of benzene rings is 2. The molecule has 0 atom stereocenters. The summed E-state index contributed by atoms with van der Waals surface area (Å²) in [6.07, 6.45) is 0.545. The highest BCUT2D eigenvalue weighted by Crippen LogP contribution is 2.18. The molecule has 2 aromatic rings. The van der Waals surface area contributed by atoms with Gasteiger partial charge in [0.2, 0.25) is 11.8 Å². The van der Waals surface area contributed by atoms with Crippen LogP contribution in [0.5, 0.6) is 0 Å². The second-order valence-electron chi connectivity index (χ2n) is 5.72. The predicted molar refractivity (Wildman–Crippen MR) is 90.3 cm³/mol. The number of nitrogens with one attached hydrogen (secondary N) is 1. The van der Waals surface area contributed by atoms with Crippen LogP contribution in [0.4, 0.5) is 5.69 Å². The van der Waals surface area contributed by atoms with Crippen molar-refractivity contribution in [1.29, 1.82) is 5.26 Å². The van der Waals surface area contributed by atoms with Crippen LogP contribution in [0.15, 0.2) is 48.5 Å². The van der Waals surface area contributed by atoms with E-state index in [9.17, 15) is 14.4 Å². The summed E-state index contributed by atoms with van der Waals surface area (Å²) in [5.74, 6) is -0.616. The number of nitriles is 1. The molecular weight excluding hydrogens is 318 g/mol. The van der Waals surface area contributed by atoms with Gasteiger partial charge in [0.05, 0.1) is 18.2 Å². The molecule has 25 heavy (non-hydrogen) atoms. The highest BCUT2D eigenvalue weighted by molar-refractivity contribution is 6.04. The Bertz CT molecular complexity index is 866. The summed E-state index contributed by atoms with van der Waals surface area (Å²) in [4.78, 5) is 36.7. The summed E-state index contributed by atoms with van der Waals surface area (Å²) in [5.41, 5.74) is 2.22. The zero-order chi connectivity index (χ0) is 17.8. The van der Waals surface area contributed by atoms with Crippen LogP contribution in [0.1, 0.15) is 34.3 Å². The van der Waals surface area contributed by atoms with Gasteiger partial charge in [0.1, 0.15) is 0 Å². The van der Waals surface area contributed by atoms with Crippen molar-refractivity contribution in [2.75, 3.05) is 5.32 Å². The average molecular weight is 333 g/mol. The fraction of sp³-hybridized carbons (Fsp3) is 0.158. The number of rotatable bonds is 4. The third-order valence-electron chi connectivity index (χ3n) is 3.96. The third-order valence-corrected chi connectivity index (χ3v) is 3.96. The molecule has 1 saturated heterocycles. The normalized spacial score (nSPS) is 13.6. The number of hydrogen-bond acceptors (Lipinski definition) is 4. The van der Waals surface area contributed by atoms with Gasteiger partial charge in [0.25, 0.3) is 5.91 Å². The Morgan fingerprint density at radius 2 is 1.76 bits per heavy atom. The molecule has 0 spiro atoms. The molecule has 0 radical (unpaired) electrons.